The molecule has 0 aliphatic heterocycles. The maximum atomic E-state index is 11.8. The van der Waals surface area contributed by atoms with Crippen LogP contribution in [0.2, 0.25) is 0 Å². The average Bonchev–Trinajstić information content (AvgIpc) is 2.55. The summed E-state index contributed by atoms with van der Waals surface area (Å²) in [5, 5.41) is 11.8. The van der Waals surface area contributed by atoms with Crippen molar-refractivity contribution < 1.29 is 19.2 Å². The Hall–Kier alpha value is -1.36. The van der Waals surface area contributed by atoms with Gasteiger partial charge in [0.25, 0.3) is 0 Å². The quantitative estimate of drug-likeness (QED) is 0.230. The number of carboxylic acids is 1. The van der Waals surface area contributed by atoms with Crippen LogP contribution < -0.4 is 5.32 Å². The highest BCUT2D eigenvalue weighted by Gasteiger charge is 2.18. The van der Waals surface area contributed by atoms with E-state index in [9.17, 15) is 9.59 Å². The summed E-state index contributed by atoms with van der Waals surface area (Å²) in [6.07, 6.45) is 16.7. The van der Waals surface area contributed by atoms with Crippen molar-refractivity contribution in [3.8, 4) is 0 Å². The standard InChI is InChI=1S/C21H40N2O3/c1-4-5-6-7-8-9-10-11-12-13-14-16-20(24)22-17-15-18-23(2,3)19-21(25)26/h7-8H,4-6,9-19H2,1-3H3,(H-,22,24,25,26)/p+1/b8-7+. The highest BCUT2D eigenvalue weighted by atomic mass is 16.4. The van der Waals surface area contributed by atoms with Crippen LogP contribution in [-0.2, 0) is 9.59 Å². The molecule has 0 bridgehead atoms. The third-order valence-electron chi connectivity index (χ3n) is 4.49. The molecule has 0 radical (unpaired) electrons. The number of hydrogen-bond donors (Lipinski definition) is 2. The highest BCUT2D eigenvalue weighted by Crippen LogP contribution is 2.08. The minimum absolute atomic E-state index is 0.114. The number of unbranched alkanes of at least 4 members (excludes halogenated alkanes) is 7. The lowest BCUT2D eigenvalue weighted by atomic mass is 10.1. The Morgan fingerprint density at radius 1 is 0.923 bits per heavy atom. The second-order valence-corrected chi connectivity index (χ2v) is 7.83. The number of aliphatic carboxylic acids is 1. The van der Waals surface area contributed by atoms with Gasteiger partial charge in [-0.2, -0.15) is 0 Å². The van der Waals surface area contributed by atoms with Crippen LogP contribution in [0.1, 0.15) is 77.6 Å². The lowest BCUT2D eigenvalue weighted by Crippen LogP contribution is -2.45. The van der Waals surface area contributed by atoms with Gasteiger partial charge in [-0.25, -0.2) is 4.79 Å². The van der Waals surface area contributed by atoms with E-state index in [2.05, 4.69) is 24.4 Å². The number of carbonyl (C=O) groups is 2. The molecule has 0 unspecified atom stereocenters. The minimum atomic E-state index is -0.786. The Balaban J connectivity index is 3.44. The Labute approximate surface area is 160 Å². The molecule has 5 heteroatoms. The van der Waals surface area contributed by atoms with E-state index in [1.807, 2.05) is 14.1 Å². The second-order valence-electron chi connectivity index (χ2n) is 7.83. The molecule has 0 aliphatic rings. The molecule has 26 heavy (non-hydrogen) atoms. The smallest absolute Gasteiger partial charge is 0.359 e. The van der Waals surface area contributed by atoms with E-state index < -0.39 is 5.97 Å². The zero-order chi connectivity index (χ0) is 19.7. The molecule has 0 aromatic carbocycles. The molecular formula is C21H41N2O3+. The molecule has 0 aromatic rings. The van der Waals surface area contributed by atoms with Crippen LogP contribution >= 0.6 is 0 Å². The number of nitrogens with one attached hydrogen (secondary N) is 1. The fourth-order valence-electron chi connectivity index (χ4n) is 2.90. The normalized spacial score (nSPS) is 11.8. The summed E-state index contributed by atoms with van der Waals surface area (Å²) in [5.74, 6) is -0.668. The molecule has 0 saturated carbocycles. The fraction of sp³-hybridized carbons (Fsp3) is 0.810. The van der Waals surface area contributed by atoms with E-state index in [0.29, 0.717) is 17.4 Å². The molecule has 0 aromatic heterocycles. The number of rotatable bonds is 17. The molecular weight excluding hydrogens is 328 g/mol. The molecule has 5 nitrogen and oxygen atoms in total. The van der Waals surface area contributed by atoms with Gasteiger partial charge in [-0.3, -0.25) is 4.79 Å². The lowest BCUT2D eigenvalue weighted by molar-refractivity contribution is -0.883. The Kier molecular flexibility index (Phi) is 15.0. The maximum absolute atomic E-state index is 11.8. The SMILES string of the molecule is CCCC/C=C/CCCCCCCC(=O)NCCC[N+](C)(C)CC(=O)O. The summed E-state index contributed by atoms with van der Waals surface area (Å²) >= 11 is 0. The van der Waals surface area contributed by atoms with Crippen molar-refractivity contribution in [3.05, 3.63) is 12.2 Å². The van der Waals surface area contributed by atoms with E-state index in [0.717, 1.165) is 25.8 Å². The first kappa shape index (κ1) is 24.6. The molecule has 152 valence electrons. The molecule has 0 spiro atoms. The van der Waals surface area contributed by atoms with Crippen LogP contribution in [-0.4, -0.2) is 55.2 Å². The number of nitrogens with zero attached hydrogens (tertiary/aromatic N) is 1. The maximum Gasteiger partial charge on any atom is 0.359 e. The van der Waals surface area contributed by atoms with Crippen LogP contribution in [0.3, 0.4) is 0 Å². The summed E-state index contributed by atoms with van der Waals surface area (Å²) in [4.78, 5) is 22.5. The van der Waals surface area contributed by atoms with E-state index in [4.69, 9.17) is 5.11 Å². The molecule has 2 N–H and O–H groups in total. The zero-order valence-electron chi connectivity index (χ0n) is 17.3. The molecule has 1 amide bonds. The summed E-state index contributed by atoms with van der Waals surface area (Å²) in [6, 6.07) is 0. The topological polar surface area (TPSA) is 66.4 Å². The predicted molar refractivity (Wildman–Crippen MR) is 108 cm³/mol. The number of quaternary nitrogens is 1. The van der Waals surface area contributed by atoms with Gasteiger partial charge in [-0.1, -0.05) is 51.2 Å². The highest BCUT2D eigenvalue weighted by molar-refractivity contribution is 5.75. The van der Waals surface area contributed by atoms with Gasteiger partial charge in [0, 0.05) is 19.4 Å². The summed E-state index contributed by atoms with van der Waals surface area (Å²) in [5.41, 5.74) is 0. The van der Waals surface area contributed by atoms with Crippen LogP contribution in [0.25, 0.3) is 0 Å². The number of carboxylic acid groups (broad SMARTS) is 1. The van der Waals surface area contributed by atoms with Crippen LogP contribution in [0, 0.1) is 0 Å². The van der Waals surface area contributed by atoms with E-state index in [1.165, 1.54) is 44.9 Å². The lowest BCUT2D eigenvalue weighted by Gasteiger charge is -2.27. The van der Waals surface area contributed by atoms with Crippen molar-refractivity contribution in [2.45, 2.75) is 77.6 Å². The van der Waals surface area contributed by atoms with Crippen molar-refractivity contribution in [1.29, 1.82) is 0 Å². The van der Waals surface area contributed by atoms with Gasteiger partial charge in [0.15, 0.2) is 6.54 Å². The average molecular weight is 370 g/mol. The van der Waals surface area contributed by atoms with E-state index >= 15 is 0 Å². The first-order chi connectivity index (χ1) is 12.4. The third kappa shape index (κ3) is 17.5. The minimum Gasteiger partial charge on any atom is -0.477 e. The number of carbonyl (C=O) groups excluding carboxylic acids is 1. The fourth-order valence-corrected chi connectivity index (χ4v) is 2.90. The monoisotopic (exact) mass is 369 g/mol. The third-order valence-corrected chi connectivity index (χ3v) is 4.49. The van der Waals surface area contributed by atoms with Crippen molar-refractivity contribution in [2.24, 2.45) is 0 Å². The van der Waals surface area contributed by atoms with Gasteiger partial charge in [0.05, 0.1) is 20.6 Å². The van der Waals surface area contributed by atoms with Gasteiger partial charge in [-0.15, -0.1) is 0 Å². The molecule has 0 saturated heterocycles. The molecule has 0 heterocycles. The number of likely N-dealkylation sites (N-methyl/N-ethyl adjacent to an activating group) is 1. The summed E-state index contributed by atoms with van der Waals surface area (Å²) < 4.78 is 0.443. The number of allylic oxidation sites excluding steroid dienone is 2. The Bertz CT molecular complexity index is 406. The first-order valence-corrected chi connectivity index (χ1v) is 10.3. The van der Waals surface area contributed by atoms with Crippen LogP contribution in [0.4, 0.5) is 0 Å². The summed E-state index contributed by atoms with van der Waals surface area (Å²) in [6.45, 7) is 3.71. The van der Waals surface area contributed by atoms with E-state index in [-0.39, 0.29) is 12.5 Å². The van der Waals surface area contributed by atoms with Gasteiger partial charge < -0.3 is 14.9 Å². The zero-order valence-corrected chi connectivity index (χ0v) is 17.3. The van der Waals surface area contributed by atoms with Gasteiger partial charge in [-0.05, 0) is 25.7 Å². The van der Waals surface area contributed by atoms with Crippen molar-refractivity contribution in [1.82, 2.24) is 5.32 Å². The Morgan fingerprint density at radius 2 is 1.54 bits per heavy atom. The molecule has 0 rings (SSSR count). The van der Waals surface area contributed by atoms with Gasteiger partial charge in [0.1, 0.15) is 0 Å². The molecule has 0 fully saturated rings. The largest absolute Gasteiger partial charge is 0.477 e. The molecule has 0 atom stereocenters. The second kappa shape index (κ2) is 15.9. The van der Waals surface area contributed by atoms with Crippen molar-refractivity contribution in [2.75, 3.05) is 33.7 Å². The van der Waals surface area contributed by atoms with Gasteiger partial charge >= 0.3 is 5.97 Å². The first-order valence-electron chi connectivity index (χ1n) is 10.3. The molecule has 0 aliphatic carbocycles. The van der Waals surface area contributed by atoms with E-state index in [1.54, 1.807) is 0 Å². The van der Waals surface area contributed by atoms with Crippen LogP contribution in [0.15, 0.2) is 12.2 Å². The number of amides is 1. The summed E-state index contributed by atoms with van der Waals surface area (Å²) in [7, 11) is 3.80. The Morgan fingerprint density at radius 3 is 2.19 bits per heavy atom. The van der Waals surface area contributed by atoms with Crippen molar-refractivity contribution in [3.63, 3.8) is 0 Å². The van der Waals surface area contributed by atoms with Gasteiger partial charge in [0.2, 0.25) is 5.91 Å². The van der Waals surface area contributed by atoms with Crippen LogP contribution in [0.5, 0.6) is 0 Å². The van der Waals surface area contributed by atoms with Crippen molar-refractivity contribution >= 4 is 11.9 Å². The predicted octanol–water partition coefficient (Wildman–Crippen LogP) is 4.13. The number of hydrogen-bond acceptors (Lipinski definition) is 2.